The van der Waals surface area contributed by atoms with Gasteiger partial charge in [-0.05, 0) is 12.1 Å². The second kappa shape index (κ2) is 5.41. The lowest BCUT2D eigenvalue weighted by Gasteiger charge is -2.00. The third-order valence-electron chi connectivity index (χ3n) is 2.15. The fraction of sp³-hybridized carbons (Fsp3) is 0.200. The van der Waals surface area contributed by atoms with E-state index >= 15 is 0 Å². The van der Waals surface area contributed by atoms with Crippen molar-refractivity contribution in [2.24, 2.45) is 0 Å². The molecule has 2 rings (SSSR count). The van der Waals surface area contributed by atoms with E-state index in [0.29, 0.717) is 23.7 Å². The number of hydrogen-bond donors (Lipinski definition) is 3. The predicted octanol–water partition coefficient (Wildman–Crippen LogP) is 0.537. The zero-order valence-electron chi connectivity index (χ0n) is 9.21. The first-order valence-electron chi connectivity index (χ1n) is 5.12. The molecule has 0 aliphatic rings. The summed E-state index contributed by atoms with van der Waals surface area (Å²) in [7, 11) is 0. The molecule has 0 radical (unpaired) electrons. The second-order valence-corrected chi connectivity index (χ2v) is 4.49. The van der Waals surface area contributed by atoms with Gasteiger partial charge in [0.2, 0.25) is 0 Å². The first kappa shape index (κ1) is 12.2. The molecular formula is C10H10N4O3S. The van der Waals surface area contributed by atoms with Crippen molar-refractivity contribution in [1.29, 1.82) is 0 Å². The predicted molar refractivity (Wildman–Crippen MR) is 63.7 cm³/mol. The Balaban J connectivity index is 1.85. The van der Waals surface area contributed by atoms with Crippen LogP contribution in [0.1, 0.15) is 25.2 Å². The number of H-pyrrole nitrogens is 1. The van der Waals surface area contributed by atoms with Gasteiger partial charge in [0.1, 0.15) is 17.0 Å². The molecule has 1 amide bonds. The molecular weight excluding hydrogens is 256 g/mol. The van der Waals surface area contributed by atoms with Crippen LogP contribution < -0.4 is 5.32 Å². The molecule has 0 saturated heterocycles. The van der Waals surface area contributed by atoms with Crippen molar-refractivity contribution >= 4 is 23.2 Å². The van der Waals surface area contributed by atoms with Crippen LogP contribution in [0.4, 0.5) is 0 Å². The maximum atomic E-state index is 11.7. The molecule has 0 atom stereocenters. The summed E-state index contributed by atoms with van der Waals surface area (Å²) in [6.45, 7) is 0.411. The summed E-state index contributed by atoms with van der Waals surface area (Å²) >= 11 is 0.950. The van der Waals surface area contributed by atoms with E-state index in [0.717, 1.165) is 11.3 Å². The van der Waals surface area contributed by atoms with Crippen LogP contribution in [0.2, 0.25) is 0 Å². The molecule has 0 aromatic carbocycles. The van der Waals surface area contributed by atoms with Gasteiger partial charge in [-0.3, -0.25) is 9.89 Å². The minimum absolute atomic E-state index is 0.149. The standard InChI is InChI=1S/C10H10N4O3S/c15-9(6-1-2-7(18-6)10(16)17)11-4-3-8-12-5-13-14-8/h1-2,5H,3-4H2,(H,11,15)(H,16,17)(H,12,13,14). The van der Waals surface area contributed by atoms with E-state index in [9.17, 15) is 9.59 Å². The van der Waals surface area contributed by atoms with Crippen molar-refractivity contribution < 1.29 is 14.7 Å². The van der Waals surface area contributed by atoms with Crippen LogP contribution in [0.15, 0.2) is 18.5 Å². The molecule has 0 spiro atoms. The molecule has 94 valence electrons. The highest BCUT2D eigenvalue weighted by Gasteiger charge is 2.12. The van der Waals surface area contributed by atoms with Crippen LogP contribution in [0, 0.1) is 0 Å². The Kier molecular flexibility index (Phi) is 3.68. The summed E-state index contributed by atoms with van der Waals surface area (Å²) in [6, 6.07) is 2.91. The van der Waals surface area contributed by atoms with E-state index in [2.05, 4.69) is 20.5 Å². The fourth-order valence-electron chi connectivity index (χ4n) is 1.31. The molecule has 2 heterocycles. The number of carboxylic acid groups (broad SMARTS) is 1. The Morgan fingerprint density at radius 1 is 1.39 bits per heavy atom. The van der Waals surface area contributed by atoms with E-state index in [1.807, 2.05) is 0 Å². The lowest BCUT2D eigenvalue weighted by Crippen LogP contribution is -2.25. The van der Waals surface area contributed by atoms with Crippen molar-refractivity contribution in [2.75, 3.05) is 6.54 Å². The number of amides is 1. The molecule has 0 fully saturated rings. The molecule has 0 saturated carbocycles. The number of hydrogen-bond acceptors (Lipinski definition) is 5. The van der Waals surface area contributed by atoms with Gasteiger partial charge in [-0.2, -0.15) is 5.10 Å². The van der Waals surface area contributed by atoms with Gasteiger partial charge < -0.3 is 10.4 Å². The monoisotopic (exact) mass is 266 g/mol. The third kappa shape index (κ3) is 2.92. The third-order valence-corrected chi connectivity index (χ3v) is 3.22. The Bertz CT molecular complexity index is 549. The van der Waals surface area contributed by atoms with Crippen molar-refractivity contribution in [1.82, 2.24) is 20.5 Å². The van der Waals surface area contributed by atoms with E-state index in [4.69, 9.17) is 5.11 Å². The smallest absolute Gasteiger partial charge is 0.345 e. The number of thiophene rings is 1. The lowest BCUT2D eigenvalue weighted by molar-refractivity contribution is 0.0702. The maximum Gasteiger partial charge on any atom is 0.345 e. The van der Waals surface area contributed by atoms with Gasteiger partial charge in [0, 0.05) is 13.0 Å². The number of rotatable bonds is 5. The molecule has 0 aliphatic carbocycles. The Morgan fingerprint density at radius 2 is 2.17 bits per heavy atom. The van der Waals surface area contributed by atoms with Gasteiger partial charge in [-0.15, -0.1) is 11.3 Å². The minimum Gasteiger partial charge on any atom is -0.477 e. The number of carbonyl (C=O) groups excluding carboxylic acids is 1. The molecule has 0 unspecified atom stereocenters. The number of nitrogens with zero attached hydrogens (tertiary/aromatic N) is 2. The van der Waals surface area contributed by atoms with Crippen LogP contribution in [-0.2, 0) is 6.42 Å². The number of carbonyl (C=O) groups is 2. The van der Waals surface area contributed by atoms with Crippen molar-refractivity contribution in [2.45, 2.75) is 6.42 Å². The second-order valence-electron chi connectivity index (χ2n) is 3.41. The zero-order valence-corrected chi connectivity index (χ0v) is 10.0. The average molecular weight is 266 g/mol. The van der Waals surface area contributed by atoms with E-state index < -0.39 is 5.97 Å². The minimum atomic E-state index is -1.03. The molecule has 3 N–H and O–H groups in total. The highest BCUT2D eigenvalue weighted by Crippen LogP contribution is 2.15. The largest absolute Gasteiger partial charge is 0.477 e. The van der Waals surface area contributed by atoms with Gasteiger partial charge in [-0.25, -0.2) is 9.78 Å². The van der Waals surface area contributed by atoms with Crippen molar-refractivity contribution in [3.63, 3.8) is 0 Å². The number of aromatic nitrogens is 3. The van der Waals surface area contributed by atoms with Crippen LogP contribution in [0.3, 0.4) is 0 Å². The zero-order chi connectivity index (χ0) is 13.0. The summed E-state index contributed by atoms with van der Waals surface area (Å²) in [6.07, 6.45) is 1.94. The molecule has 2 aromatic rings. The van der Waals surface area contributed by atoms with Gasteiger partial charge in [0.05, 0.1) is 4.88 Å². The molecule has 18 heavy (non-hydrogen) atoms. The summed E-state index contributed by atoms with van der Waals surface area (Å²) < 4.78 is 0. The summed E-state index contributed by atoms with van der Waals surface area (Å²) in [5.74, 6) is -0.625. The van der Waals surface area contributed by atoms with Crippen LogP contribution in [0.25, 0.3) is 0 Å². The summed E-state index contributed by atoms with van der Waals surface area (Å²) in [4.78, 5) is 26.8. The molecule has 8 heteroatoms. The quantitative estimate of drug-likeness (QED) is 0.732. The van der Waals surface area contributed by atoms with Crippen molar-refractivity contribution in [3.8, 4) is 0 Å². The summed E-state index contributed by atoms with van der Waals surface area (Å²) in [5.41, 5.74) is 0. The molecule has 0 aliphatic heterocycles. The normalized spacial score (nSPS) is 10.2. The lowest BCUT2D eigenvalue weighted by atomic mass is 10.3. The molecule has 2 aromatic heterocycles. The number of aromatic amines is 1. The topological polar surface area (TPSA) is 108 Å². The maximum absolute atomic E-state index is 11.7. The van der Waals surface area contributed by atoms with Crippen LogP contribution in [0.5, 0.6) is 0 Å². The summed E-state index contributed by atoms with van der Waals surface area (Å²) in [5, 5.41) is 17.8. The van der Waals surface area contributed by atoms with E-state index in [1.54, 1.807) is 0 Å². The SMILES string of the molecule is O=C(O)c1ccc(C(=O)NCCc2ncn[nH]2)s1. The van der Waals surface area contributed by atoms with Crippen molar-refractivity contribution in [3.05, 3.63) is 34.0 Å². The van der Waals surface area contributed by atoms with E-state index in [-0.39, 0.29) is 10.8 Å². The van der Waals surface area contributed by atoms with Crippen LogP contribution in [-0.4, -0.2) is 38.7 Å². The van der Waals surface area contributed by atoms with Gasteiger partial charge in [0.25, 0.3) is 5.91 Å². The number of nitrogens with one attached hydrogen (secondary N) is 2. The number of aromatic carboxylic acids is 1. The highest BCUT2D eigenvalue weighted by atomic mass is 32.1. The average Bonchev–Trinajstić information content (AvgIpc) is 2.99. The number of carboxylic acids is 1. The Morgan fingerprint density at radius 3 is 2.78 bits per heavy atom. The van der Waals surface area contributed by atoms with Crippen LogP contribution >= 0.6 is 11.3 Å². The van der Waals surface area contributed by atoms with Gasteiger partial charge >= 0.3 is 5.97 Å². The first-order valence-corrected chi connectivity index (χ1v) is 5.94. The molecule has 0 bridgehead atoms. The highest BCUT2D eigenvalue weighted by molar-refractivity contribution is 7.15. The first-order chi connectivity index (χ1) is 8.66. The fourth-order valence-corrected chi connectivity index (χ4v) is 2.07. The Labute approximate surface area is 106 Å². The Hall–Kier alpha value is -2.22. The molecule has 7 nitrogen and oxygen atoms in total. The van der Waals surface area contributed by atoms with Gasteiger partial charge in [-0.1, -0.05) is 0 Å². The van der Waals surface area contributed by atoms with E-state index in [1.165, 1.54) is 18.5 Å². The van der Waals surface area contributed by atoms with Gasteiger partial charge in [0.15, 0.2) is 0 Å².